The molecule has 1 aromatic rings. The molecule has 0 spiro atoms. The minimum Gasteiger partial charge on any atom is -0.327 e. The van der Waals surface area contributed by atoms with Crippen molar-refractivity contribution in [3.8, 4) is 0 Å². The smallest absolute Gasteiger partial charge is 0.0534 e. The highest BCUT2D eigenvalue weighted by atomic mass is 15.3. The molecule has 2 N–H and O–H groups in total. The zero-order valence-corrected chi connectivity index (χ0v) is 11.1. The monoisotopic (exact) mass is 236 g/mol. The lowest BCUT2D eigenvalue weighted by atomic mass is 9.96. The van der Waals surface area contributed by atoms with E-state index in [9.17, 15) is 0 Å². The van der Waals surface area contributed by atoms with Gasteiger partial charge in [0.15, 0.2) is 0 Å². The summed E-state index contributed by atoms with van der Waals surface area (Å²) in [7, 11) is 0. The summed E-state index contributed by atoms with van der Waals surface area (Å²) in [6, 6.07) is 0.769. The minimum atomic E-state index is 0.332. The van der Waals surface area contributed by atoms with Crippen molar-refractivity contribution in [1.29, 1.82) is 0 Å². The van der Waals surface area contributed by atoms with E-state index in [1.54, 1.807) is 0 Å². The highest BCUT2D eigenvalue weighted by molar-refractivity contribution is 5.04. The lowest BCUT2D eigenvalue weighted by Gasteiger charge is -2.34. The molecule has 4 heteroatoms. The van der Waals surface area contributed by atoms with Gasteiger partial charge in [-0.2, -0.15) is 5.10 Å². The minimum absolute atomic E-state index is 0.332. The second-order valence-corrected chi connectivity index (χ2v) is 5.72. The molecule has 2 rings (SSSR count). The van der Waals surface area contributed by atoms with Gasteiger partial charge in [0, 0.05) is 43.5 Å². The average molecular weight is 236 g/mol. The van der Waals surface area contributed by atoms with Gasteiger partial charge >= 0.3 is 0 Å². The maximum absolute atomic E-state index is 6.06. The van der Waals surface area contributed by atoms with E-state index in [4.69, 9.17) is 5.73 Å². The third-order valence-electron chi connectivity index (χ3n) is 3.36. The van der Waals surface area contributed by atoms with Gasteiger partial charge in [-0.05, 0) is 26.2 Å². The van der Waals surface area contributed by atoms with Crippen LogP contribution in [0.4, 0.5) is 0 Å². The number of nitrogens with zero attached hydrogens (tertiary/aromatic N) is 3. The van der Waals surface area contributed by atoms with Crippen LogP contribution in [-0.2, 0) is 6.54 Å². The Morgan fingerprint density at radius 2 is 2.24 bits per heavy atom. The zero-order valence-electron chi connectivity index (χ0n) is 11.1. The second kappa shape index (κ2) is 5.19. The molecular formula is C13H24N4. The summed E-state index contributed by atoms with van der Waals surface area (Å²) < 4.78 is 2.02. The number of hydrogen-bond donors (Lipinski definition) is 1. The maximum atomic E-state index is 6.06. The highest BCUT2D eigenvalue weighted by Crippen LogP contribution is 2.17. The first-order chi connectivity index (χ1) is 8.04. The largest absolute Gasteiger partial charge is 0.327 e. The fourth-order valence-corrected chi connectivity index (χ4v) is 2.64. The molecule has 0 aromatic carbocycles. The normalized spacial score (nSPS) is 26.6. The van der Waals surface area contributed by atoms with Gasteiger partial charge in [-0.15, -0.1) is 0 Å². The van der Waals surface area contributed by atoms with Crippen molar-refractivity contribution in [3.05, 3.63) is 18.0 Å². The molecule has 1 saturated heterocycles. The van der Waals surface area contributed by atoms with Gasteiger partial charge in [-0.1, -0.05) is 6.92 Å². The van der Waals surface area contributed by atoms with E-state index in [-0.39, 0.29) is 0 Å². The van der Waals surface area contributed by atoms with Gasteiger partial charge in [0.05, 0.1) is 6.20 Å². The van der Waals surface area contributed by atoms with E-state index in [2.05, 4.69) is 37.0 Å². The van der Waals surface area contributed by atoms with Crippen LogP contribution in [-0.4, -0.2) is 33.8 Å². The summed E-state index contributed by atoms with van der Waals surface area (Å²) in [5, 5.41) is 4.38. The molecular weight excluding hydrogens is 212 g/mol. The van der Waals surface area contributed by atoms with Crippen molar-refractivity contribution >= 4 is 0 Å². The number of piperidine rings is 1. The Balaban J connectivity index is 1.95. The van der Waals surface area contributed by atoms with Gasteiger partial charge in [0.25, 0.3) is 0 Å². The van der Waals surface area contributed by atoms with E-state index in [0.29, 0.717) is 18.0 Å². The first-order valence-electron chi connectivity index (χ1n) is 6.55. The number of nitrogens with two attached hydrogens (primary N) is 1. The number of likely N-dealkylation sites (tertiary alicyclic amines) is 1. The predicted octanol–water partition coefficient (Wildman–Crippen LogP) is 1.63. The summed E-state index contributed by atoms with van der Waals surface area (Å²) in [4.78, 5) is 2.44. The highest BCUT2D eigenvalue weighted by Gasteiger charge is 2.22. The molecule has 2 unspecified atom stereocenters. The van der Waals surface area contributed by atoms with Gasteiger partial charge in [0.1, 0.15) is 0 Å². The number of aromatic nitrogens is 2. The molecule has 0 aliphatic carbocycles. The van der Waals surface area contributed by atoms with Crippen molar-refractivity contribution in [3.63, 3.8) is 0 Å². The van der Waals surface area contributed by atoms with E-state index < -0.39 is 0 Å². The van der Waals surface area contributed by atoms with Gasteiger partial charge in [-0.3, -0.25) is 9.58 Å². The molecule has 1 aromatic heterocycles. The SMILES string of the molecule is CC1CC(N)CN(Cc2cnn(C(C)C)c2)C1. The van der Waals surface area contributed by atoms with E-state index in [1.807, 2.05) is 10.9 Å². The van der Waals surface area contributed by atoms with E-state index in [1.165, 1.54) is 5.56 Å². The van der Waals surface area contributed by atoms with Crippen LogP contribution in [0.5, 0.6) is 0 Å². The average Bonchev–Trinajstić information content (AvgIpc) is 2.64. The third kappa shape index (κ3) is 3.30. The van der Waals surface area contributed by atoms with Crippen LogP contribution in [0.3, 0.4) is 0 Å². The van der Waals surface area contributed by atoms with Gasteiger partial charge in [0.2, 0.25) is 0 Å². The topological polar surface area (TPSA) is 47.1 Å². The van der Waals surface area contributed by atoms with Crippen molar-refractivity contribution in [2.75, 3.05) is 13.1 Å². The Bertz CT molecular complexity index is 348. The zero-order chi connectivity index (χ0) is 12.4. The lowest BCUT2D eigenvalue weighted by Crippen LogP contribution is -2.45. The predicted molar refractivity (Wildman–Crippen MR) is 69.6 cm³/mol. The summed E-state index contributed by atoms with van der Waals surface area (Å²) in [6.45, 7) is 9.72. The molecule has 2 atom stereocenters. The van der Waals surface area contributed by atoms with Crippen molar-refractivity contribution in [2.24, 2.45) is 11.7 Å². The lowest BCUT2D eigenvalue weighted by molar-refractivity contribution is 0.158. The number of hydrogen-bond acceptors (Lipinski definition) is 3. The summed E-state index contributed by atoms with van der Waals surface area (Å²) >= 11 is 0. The molecule has 1 fully saturated rings. The van der Waals surface area contributed by atoms with E-state index >= 15 is 0 Å². The Hall–Kier alpha value is -0.870. The first kappa shape index (κ1) is 12.6. The van der Waals surface area contributed by atoms with Gasteiger partial charge in [-0.25, -0.2) is 0 Å². The Labute approximate surface area is 104 Å². The van der Waals surface area contributed by atoms with Crippen molar-refractivity contribution in [1.82, 2.24) is 14.7 Å². The molecule has 96 valence electrons. The summed E-state index contributed by atoms with van der Waals surface area (Å²) in [6.07, 6.45) is 5.28. The molecule has 17 heavy (non-hydrogen) atoms. The number of rotatable bonds is 3. The summed E-state index contributed by atoms with van der Waals surface area (Å²) in [5.41, 5.74) is 7.35. The standard InChI is InChI=1S/C13H24N4/c1-10(2)17-8-12(5-15-17)7-16-6-11(3)4-13(14)9-16/h5,8,10-11,13H,4,6-7,9,14H2,1-3H3. The van der Waals surface area contributed by atoms with Crippen LogP contribution < -0.4 is 5.73 Å². The van der Waals surface area contributed by atoms with Crippen molar-refractivity contribution in [2.45, 2.75) is 45.8 Å². The Morgan fingerprint density at radius 3 is 2.82 bits per heavy atom. The van der Waals surface area contributed by atoms with Crippen LogP contribution >= 0.6 is 0 Å². The van der Waals surface area contributed by atoms with Crippen LogP contribution in [0.15, 0.2) is 12.4 Å². The fraction of sp³-hybridized carbons (Fsp3) is 0.769. The van der Waals surface area contributed by atoms with Crippen LogP contribution in [0, 0.1) is 5.92 Å². The molecule has 4 nitrogen and oxygen atoms in total. The van der Waals surface area contributed by atoms with E-state index in [0.717, 1.165) is 26.1 Å². The van der Waals surface area contributed by atoms with Gasteiger partial charge < -0.3 is 5.73 Å². The summed E-state index contributed by atoms with van der Waals surface area (Å²) in [5.74, 6) is 0.707. The van der Waals surface area contributed by atoms with Crippen molar-refractivity contribution < 1.29 is 0 Å². The molecule has 0 amide bonds. The molecule has 0 bridgehead atoms. The first-order valence-corrected chi connectivity index (χ1v) is 6.55. The second-order valence-electron chi connectivity index (χ2n) is 5.72. The van der Waals surface area contributed by atoms with Crippen LogP contribution in [0.1, 0.15) is 38.8 Å². The maximum Gasteiger partial charge on any atom is 0.0534 e. The fourth-order valence-electron chi connectivity index (χ4n) is 2.64. The van der Waals surface area contributed by atoms with Crippen LogP contribution in [0.2, 0.25) is 0 Å². The quantitative estimate of drug-likeness (QED) is 0.867. The Kier molecular flexibility index (Phi) is 3.84. The third-order valence-corrected chi connectivity index (χ3v) is 3.36. The Morgan fingerprint density at radius 1 is 1.47 bits per heavy atom. The molecule has 1 aliphatic heterocycles. The molecule has 0 radical (unpaired) electrons. The van der Waals surface area contributed by atoms with Crippen LogP contribution in [0.25, 0.3) is 0 Å². The molecule has 2 heterocycles. The molecule has 0 saturated carbocycles. The molecule has 1 aliphatic rings.